The fourth-order valence-corrected chi connectivity index (χ4v) is 4.64. The van der Waals surface area contributed by atoms with Crippen LogP contribution in [0.3, 0.4) is 0 Å². The number of ether oxygens (including phenoxy) is 2. The number of benzene rings is 3. The molecular formula is C26H23N3O4. The molecule has 0 atom stereocenters. The second-order valence-corrected chi connectivity index (χ2v) is 8.11. The molecule has 7 nitrogen and oxygen atoms in total. The highest BCUT2D eigenvalue weighted by molar-refractivity contribution is 6.28. The van der Waals surface area contributed by atoms with E-state index in [4.69, 9.17) is 14.0 Å². The Hall–Kier alpha value is -3.84. The van der Waals surface area contributed by atoms with Crippen molar-refractivity contribution >= 4 is 33.7 Å². The molecule has 0 unspecified atom stereocenters. The molecular weight excluding hydrogens is 418 g/mol. The fourth-order valence-electron chi connectivity index (χ4n) is 4.64. The van der Waals surface area contributed by atoms with Crippen molar-refractivity contribution in [1.82, 2.24) is 5.16 Å². The average Bonchev–Trinajstić information content (AvgIpc) is 3.30. The monoisotopic (exact) mass is 441 g/mol. The lowest BCUT2D eigenvalue weighted by atomic mass is 9.86. The van der Waals surface area contributed by atoms with Gasteiger partial charge in [-0.05, 0) is 37.3 Å². The van der Waals surface area contributed by atoms with Crippen molar-refractivity contribution in [3.05, 3.63) is 65.7 Å². The molecule has 0 bridgehead atoms. The molecule has 33 heavy (non-hydrogen) atoms. The minimum atomic E-state index is -0.0340. The number of ketones is 1. The zero-order valence-electron chi connectivity index (χ0n) is 18.3. The summed E-state index contributed by atoms with van der Waals surface area (Å²) in [5, 5.41) is 8.66. The summed E-state index contributed by atoms with van der Waals surface area (Å²) in [4.78, 5) is 15.9. The molecule has 1 fully saturated rings. The highest BCUT2D eigenvalue weighted by atomic mass is 16.5. The lowest BCUT2D eigenvalue weighted by Crippen LogP contribution is -2.36. The zero-order valence-corrected chi connectivity index (χ0v) is 18.3. The van der Waals surface area contributed by atoms with Crippen LogP contribution in [-0.2, 0) is 4.74 Å². The van der Waals surface area contributed by atoms with E-state index < -0.39 is 0 Å². The summed E-state index contributed by atoms with van der Waals surface area (Å²) < 4.78 is 17.0. The molecule has 2 aliphatic rings. The highest BCUT2D eigenvalue weighted by Gasteiger charge is 2.33. The molecule has 1 N–H and O–H groups in total. The molecule has 6 rings (SSSR count). The van der Waals surface area contributed by atoms with Crippen LogP contribution >= 0.6 is 0 Å². The van der Waals surface area contributed by atoms with Gasteiger partial charge in [0.15, 0.2) is 11.5 Å². The molecule has 1 aromatic heterocycles. The van der Waals surface area contributed by atoms with Gasteiger partial charge in [0.1, 0.15) is 11.3 Å². The summed E-state index contributed by atoms with van der Waals surface area (Å²) in [6, 6.07) is 17.3. The van der Waals surface area contributed by atoms with Gasteiger partial charge in [0, 0.05) is 29.9 Å². The lowest BCUT2D eigenvalue weighted by molar-refractivity contribution is 0.104. The number of aromatic nitrogens is 1. The standard InChI is InChI=1S/C26H23N3O4/c1-2-32-17-9-7-16(8-10-17)27-20-15-21(29-11-13-31-14-12-29)24-23-22(20)25(30)18-5-3-4-6-19(18)26(23)33-28-24/h3-10,15,27H,2,11-14H2,1H3. The number of nitrogens with one attached hydrogen (secondary N) is 1. The van der Waals surface area contributed by atoms with Gasteiger partial charge in [-0.1, -0.05) is 29.4 Å². The van der Waals surface area contributed by atoms with E-state index in [1.165, 1.54) is 0 Å². The minimum Gasteiger partial charge on any atom is -0.494 e. The third kappa shape index (κ3) is 3.24. The molecule has 1 aliphatic carbocycles. The van der Waals surface area contributed by atoms with Crippen LogP contribution in [-0.4, -0.2) is 43.9 Å². The van der Waals surface area contributed by atoms with Crippen LogP contribution in [0.15, 0.2) is 59.1 Å². The van der Waals surface area contributed by atoms with E-state index >= 15 is 0 Å². The van der Waals surface area contributed by atoms with Crippen LogP contribution in [0.1, 0.15) is 22.8 Å². The maximum atomic E-state index is 13.7. The zero-order chi connectivity index (χ0) is 22.4. The first-order valence-electron chi connectivity index (χ1n) is 11.2. The largest absolute Gasteiger partial charge is 0.494 e. The summed E-state index contributed by atoms with van der Waals surface area (Å²) in [6.45, 7) is 5.38. The third-order valence-electron chi connectivity index (χ3n) is 6.17. The van der Waals surface area contributed by atoms with Crippen molar-refractivity contribution in [2.24, 2.45) is 0 Å². The Morgan fingerprint density at radius 3 is 2.58 bits per heavy atom. The number of morpholine rings is 1. The first-order chi connectivity index (χ1) is 16.2. The number of hydrogen-bond donors (Lipinski definition) is 1. The van der Waals surface area contributed by atoms with Crippen LogP contribution in [0.2, 0.25) is 0 Å². The Morgan fingerprint density at radius 2 is 1.82 bits per heavy atom. The van der Waals surface area contributed by atoms with Crippen LogP contribution in [0, 0.1) is 0 Å². The van der Waals surface area contributed by atoms with Crippen molar-refractivity contribution < 1.29 is 18.8 Å². The number of carbonyl (C=O) groups excluding carboxylic acids is 1. The number of fused-ring (bicyclic) bond motifs is 2. The van der Waals surface area contributed by atoms with Crippen LogP contribution in [0.4, 0.5) is 17.1 Å². The van der Waals surface area contributed by atoms with E-state index in [-0.39, 0.29) is 5.78 Å². The van der Waals surface area contributed by atoms with E-state index in [2.05, 4.69) is 15.4 Å². The molecule has 166 valence electrons. The van der Waals surface area contributed by atoms with Gasteiger partial charge in [-0.25, -0.2) is 0 Å². The van der Waals surface area contributed by atoms with E-state index in [0.29, 0.717) is 42.2 Å². The highest BCUT2D eigenvalue weighted by Crippen LogP contribution is 2.46. The van der Waals surface area contributed by atoms with Gasteiger partial charge < -0.3 is 24.2 Å². The van der Waals surface area contributed by atoms with Gasteiger partial charge in [0.2, 0.25) is 0 Å². The molecule has 1 saturated heterocycles. The SMILES string of the molecule is CCOc1ccc(Nc2cc(N3CCOCC3)c3noc4c3c2C(=O)c2ccccc2-4)cc1. The first-order valence-corrected chi connectivity index (χ1v) is 11.2. The van der Waals surface area contributed by atoms with Gasteiger partial charge in [0.25, 0.3) is 0 Å². The second-order valence-electron chi connectivity index (χ2n) is 8.11. The molecule has 3 aromatic carbocycles. The number of carbonyl (C=O) groups is 1. The molecule has 0 spiro atoms. The van der Waals surface area contributed by atoms with Crippen molar-refractivity contribution in [1.29, 1.82) is 0 Å². The van der Waals surface area contributed by atoms with Crippen LogP contribution in [0.25, 0.3) is 22.2 Å². The molecule has 2 heterocycles. The van der Waals surface area contributed by atoms with E-state index in [1.807, 2.05) is 61.5 Å². The Balaban J connectivity index is 1.54. The number of hydrogen-bond acceptors (Lipinski definition) is 7. The predicted octanol–water partition coefficient (Wildman–Crippen LogP) is 5.02. The summed E-state index contributed by atoms with van der Waals surface area (Å²) in [7, 11) is 0. The van der Waals surface area contributed by atoms with Gasteiger partial charge in [-0.2, -0.15) is 0 Å². The van der Waals surface area contributed by atoms with Crippen LogP contribution in [0.5, 0.6) is 5.75 Å². The fraction of sp³-hybridized carbons (Fsp3) is 0.231. The summed E-state index contributed by atoms with van der Waals surface area (Å²) in [5.41, 5.74) is 5.24. The van der Waals surface area contributed by atoms with Crippen molar-refractivity contribution in [3.8, 4) is 17.1 Å². The van der Waals surface area contributed by atoms with Gasteiger partial charge >= 0.3 is 0 Å². The smallest absolute Gasteiger partial charge is 0.196 e. The average molecular weight is 441 g/mol. The number of rotatable bonds is 5. The van der Waals surface area contributed by atoms with Gasteiger partial charge in [-0.3, -0.25) is 4.79 Å². The first kappa shape index (κ1) is 19.8. The molecule has 4 aromatic rings. The van der Waals surface area contributed by atoms with Crippen molar-refractivity contribution in [2.75, 3.05) is 43.1 Å². The second kappa shape index (κ2) is 7.94. The van der Waals surface area contributed by atoms with Gasteiger partial charge in [-0.15, -0.1) is 0 Å². The number of anilines is 3. The van der Waals surface area contributed by atoms with Crippen molar-refractivity contribution in [2.45, 2.75) is 6.92 Å². The maximum Gasteiger partial charge on any atom is 0.196 e. The minimum absolute atomic E-state index is 0.0340. The normalized spacial score (nSPS) is 14.9. The van der Waals surface area contributed by atoms with E-state index in [9.17, 15) is 4.79 Å². The number of nitrogens with zero attached hydrogens (tertiary/aromatic N) is 2. The summed E-state index contributed by atoms with van der Waals surface area (Å²) in [5.74, 6) is 1.41. The molecule has 0 saturated carbocycles. The van der Waals surface area contributed by atoms with Crippen LogP contribution < -0.4 is 15.0 Å². The Morgan fingerprint density at radius 1 is 1.06 bits per heavy atom. The topological polar surface area (TPSA) is 76.8 Å². The van der Waals surface area contributed by atoms with E-state index in [1.54, 1.807) is 0 Å². The molecule has 0 radical (unpaired) electrons. The van der Waals surface area contributed by atoms with Crippen molar-refractivity contribution in [3.63, 3.8) is 0 Å². The Bertz CT molecular complexity index is 1350. The van der Waals surface area contributed by atoms with E-state index in [0.717, 1.165) is 46.9 Å². The molecule has 7 heteroatoms. The molecule has 0 amide bonds. The Labute approximate surface area is 190 Å². The predicted molar refractivity (Wildman–Crippen MR) is 127 cm³/mol. The maximum absolute atomic E-state index is 13.7. The van der Waals surface area contributed by atoms with Gasteiger partial charge in [0.05, 0.1) is 42.1 Å². The summed E-state index contributed by atoms with van der Waals surface area (Å²) in [6.07, 6.45) is 0. The quantitative estimate of drug-likeness (QED) is 0.410. The Kier molecular flexibility index (Phi) is 4.77. The third-order valence-corrected chi connectivity index (χ3v) is 6.17. The molecule has 1 aliphatic heterocycles. The lowest BCUT2D eigenvalue weighted by Gasteiger charge is -2.30. The summed E-state index contributed by atoms with van der Waals surface area (Å²) >= 11 is 0.